The standard InChI is InChI=1S/C19H30F3N3O2/c1-12(9-14(23)11-18(24)26)25-15-6-4-5-13(10-15)16-7-2-3-8-17(16)27-19(20,21)22/h9,13,15-17H,2-8,10-11,23H2,1H3,(H2,24,26). The summed E-state index contributed by atoms with van der Waals surface area (Å²) >= 11 is 0. The van der Waals surface area contributed by atoms with Crippen molar-refractivity contribution in [1.29, 1.82) is 0 Å². The molecule has 4 N–H and O–H groups in total. The molecule has 27 heavy (non-hydrogen) atoms. The van der Waals surface area contributed by atoms with E-state index in [0.717, 1.165) is 44.9 Å². The lowest BCUT2D eigenvalue weighted by Gasteiger charge is -2.40. The molecule has 2 fully saturated rings. The van der Waals surface area contributed by atoms with Gasteiger partial charge in [0.1, 0.15) is 0 Å². The van der Waals surface area contributed by atoms with Crippen LogP contribution in [0.3, 0.4) is 0 Å². The molecule has 0 aromatic heterocycles. The van der Waals surface area contributed by atoms with Crippen molar-refractivity contribution in [1.82, 2.24) is 0 Å². The van der Waals surface area contributed by atoms with Crippen molar-refractivity contribution in [2.45, 2.75) is 83.2 Å². The Bertz CT molecular complexity index is 575. The number of halogens is 3. The van der Waals surface area contributed by atoms with Gasteiger partial charge in [-0.15, -0.1) is 13.2 Å². The Balaban J connectivity index is 2.01. The molecule has 4 atom stereocenters. The second kappa shape index (κ2) is 9.57. The summed E-state index contributed by atoms with van der Waals surface area (Å²) in [6.07, 6.45) is 2.86. The largest absolute Gasteiger partial charge is 0.522 e. The Morgan fingerprint density at radius 2 is 1.85 bits per heavy atom. The van der Waals surface area contributed by atoms with Gasteiger partial charge >= 0.3 is 6.36 Å². The van der Waals surface area contributed by atoms with Crippen LogP contribution in [0.25, 0.3) is 0 Å². The summed E-state index contributed by atoms with van der Waals surface area (Å²) in [5, 5.41) is 0. The summed E-state index contributed by atoms with van der Waals surface area (Å²) in [6.45, 7) is 1.81. The fraction of sp³-hybridized carbons (Fsp3) is 0.789. The van der Waals surface area contributed by atoms with Gasteiger partial charge in [0.05, 0.1) is 18.6 Å². The van der Waals surface area contributed by atoms with Crippen molar-refractivity contribution in [2.75, 3.05) is 0 Å². The maximum absolute atomic E-state index is 12.7. The van der Waals surface area contributed by atoms with Crippen molar-refractivity contribution in [3.63, 3.8) is 0 Å². The van der Waals surface area contributed by atoms with Gasteiger partial charge in [0, 0.05) is 11.4 Å². The van der Waals surface area contributed by atoms with Gasteiger partial charge in [0.2, 0.25) is 5.91 Å². The molecule has 0 heterocycles. The third-order valence-corrected chi connectivity index (χ3v) is 5.49. The zero-order valence-corrected chi connectivity index (χ0v) is 15.8. The highest BCUT2D eigenvalue weighted by Crippen LogP contribution is 2.42. The van der Waals surface area contributed by atoms with Gasteiger partial charge in [0.15, 0.2) is 0 Å². The number of amides is 1. The highest BCUT2D eigenvalue weighted by atomic mass is 19.4. The Morgan fingerprint density at radius 1 is 1.15 bits per heavy atom. The van der Waals surface area contributed by atoms with Gasteiger partial charge in [-0.25, -0.2) is 0 Å². The first-order valence-electron chi connectivity index (χ1n) is 9.67. The summed E-state index contributed by atoms with van der Waals surface area (Å²) < 4.78 is 42.7. The molecule has 154 valence electrons. The number of hydrogen-bond donors (Lipinski definition) is 2. The first kappa shape index (κ1) is 21.7. The molecule has 0 aromatic carbocycles. The molecule has 2 aliphatic rings. The van der Waals surface area contributed by atoms with Crippen LogP contribution in [-0.4, -0.2) is 30.1 Å². The van der Waals surface area contributed by atoms with E-state index >= 15 is 0 Å². The fourth-order valence-electron chi connectivity index (χ4n) is 4.54. The first-order valence-corrected chi connectivity index (χ1v) is 9.67. The van der Waals surface area contributed by atoms with E-state index in [-0.39, 0.29) is 24.3 Å². The monoisotopic (exact) mass is 389 g/mol. The summed E-state index contributed by atoms with van der Waals surface area (Å²) in [7, 11) is 0. The van der Waals surface area contributed by atoms with Crippen LogP contribution in [0.15, 0.2) is 16.8 Å². The topological polar surface area (TPSA) is 90.7 Å². The number of nitrogens with two attached hydrogens (primary N) is 2. The van der Waals surface area contributed by atoms with Crippen LogP contribution in [0.2, 0.25) is 0 Å². The molecule has 0 aromatic rings. The lowest BCUT2D eigenvalue weighted by Crippen LogP contribution is -2.39. The molecule has 0 spiro atoms. The summed E-state index contributed by atoms with van der Waals surface area (Å²) in [4.78, 5) is 15.6. The zero-order chi connectivity index (χ0) is 20.0. The third-order valence-electron chi connectivity index (χ3n) is 5.49. The quantitative estimate of drug-likeness (QED) is 0.677. The SMILES string of the molecule is CC(C=C(N)CC(N)=O)=NC1CCCC(C2CCCCC2OC(F)(F)F)C1. The molecule has 8 heteroatoms. The maximum atomic E-state index is 12.7. The van der Waals surface area contributed by atoms with E-state index in [9.17, 15) is 18.0 Å². The van der Waals surface area contributed by atoms with Gasteiger partial charge in [0.25, 0.3) is 0 Å². The minimum absolute atomic E-state index is 0.0152. The van der Waals surface area contributed by atoms with Gasteiger partial charge in [-0.05, 0) is 56.9 Å². The number of alkyl halides is 3. The normalized spacial score (nSPS) is 31.0. The van der Waals surface area contributed by atoms with Crippen LogP contribution in [0.4, 0.5) is 13.2 Å². The van der Waals surface area contributed by atoms with Crippen LogP contribution in [0.1, 0.15) is 64.7 Å². The minimum atomic E-state index is -4.58. The van der Waals surface area contributed by atoms with Crippen LogP contribution >= 0.6 is 0 Å². The average Bonchev–Trinajstić information content (AvgIpc) is 2.53. The predicted octanol–water partition coefficient (Wildman–Crippen LogP) is 3.82. The molecule has 2 saturated carbocycles. The lowest BCUT2D eigenvalue weighted by molar-refractivity contribution is -0.353. The van der Waals surface area contributed by atoms with Gasteiger partial charge in [-0.3, -0.25) is 14.5 Å². The molecule has 5 nitrogen and oxygen atoms in total. The number of carbonyl (C=O) groups is 1. The van der Waals surface area contributed by atoms with Crippen LogP contribution in [-0.2, 0) is 9.53 Å². The van der Waals surface area contributed by atoms with E-state index in [1.807, 2.05) is 6.92 Å². The number of rotatable bonds is 6. The number of aliphatic imine (C=N–C) groups is 1. The predicted molar refractivity (Wildman–Crippen MR) is 97.8 cm³/mol. The second-order valence-corrected chi connectivity index (χ2v) is 7.76. The Hall–Kier alpha value is -1.57. The molecule has 0 radical (unpaired) electrons. The molecule has 0 aliphatic heterocycles. The maximum Gasteiger partial charge on any atom is 0.522 e. The van der Waals surface area contributed by atoms with E-state index in [4.69, 9.17) is 11.5 Å². The Labute approximate surface area is 158 Å². The smallest absolute Gasteiger partial charge is 0.402 e. The molecule has 1 amide bonds. The average molecular weight is 389 g/mol. The molecular formula is C19H30F3N3O2. The third kappa shape index (κ3) is 7.52. The number of primary amides is 1. The molecule has 4 unspecified atom stereocenters. The number of carbonyl (C=O) groups excluding carboxylic acids is 1. The van der Waals surface area contributed by atoms with Crippen molar-refractivity contribution in [3.8, 4) is 0 Å². The summed E-state index contributed by atoms with van der Waals surface area (Å²) in [6, 6.07) is 0.0647. The lowest BCUT2D eigenvalue weighted by atomic mass is 9.71. The molecule has 2 aliphatic carbocycles. The van der Waals surface area contributed by atoms with E-state index in [1.54, 1.807) is 6.08 Å². The van der Waals surface area contributed by atoms with Crippen molar-refractivity contribution in [2.24, 2.45) is 28.3 Å². The Kier molecular flexibility index (Phi) is 7.70. The zero-order valence-electron chi connectivity index (χ0n) is 15.8. The fourth-order valence-corrected chi connectivity index (χ4v) is 4.54. The molecular weight excluding hydrogens is 359 g/mol. The van der Waals surface area contributed by atoms with Gasteiger partial charge < -0.3 is 11.5 Å². The van der Waals surface area contributed by atoms with Crippen LogP contribution in [0.5, 0.6) is 0 Å². The van der Waals surface area contributed by atoms with Gasteiger partial charge in [-0.1, -0.05) is 19.3 Å². The van der Waals surface area contributed by atoms with Crippen molar-refractivity contribution in [3.05, 3.63) is 11.8 Å². The molecule has 2 rings (SSSR count). The highest BCUT2D eigenvalue weighted by molar-refractivity contribution is 5.94. The van der Waals surface area contributed by atoms with E-state index in [0.29, 0.717) is 17.8 Å². The van der Waals surface area contributed by atoms with Crippen molar-refractivity contribution < 1.29 is 22.7 Å². The second-order valence-electron chi connectivity index (χ2n) is 7.76. The molecule has 0 saturated heterocycles. The van der Waals surface area contributed by atoms with E-state index < -0.39 is 18.4 Å². The first-order chi connectivity index (χ1) is 12.6. The van der Waals surface area contributed by atoms with Gasteiger partial charge in [-0.2, -0.15) is 0 Å². The minimum Gasteiger partial charge on any atom is -0.402 e. The van der Waals surface area contributed by atoms with E-state index in [2.05, 4.69) is 9.73 Å². The van der Waals surface area contributed by atoms with Crippen LogP contribution < -0.4 is 11.5 Å². The van der Waals surface area contributed by atoms with E-state index in [1.165, 1.54) is 0 Å². The molecule has 0 bridgehead atoms. The number of ether oxygens (including phenoxy) is 1. The summed E-state index contributed by atoms with van der Waals surface area (Å²) in [5.41, 5.74) is 12.0. The van der Waals surface area contributed by atoms with Crippen molar-refractivity contribution >= 4 is 11.6 Å². The number of nitrogens with zero attached hydrogens (tertiary/aromatic N) is 1. The summed E-state index contributed by atoms with van der Waals surface area (Å²) in [5.74, 6) is -0.365. The number of allylic oxidation sites excluding steroid dienone is 1. The van der Waals surface area contributed by atoms with Crippen LogP contribution in [0, 0.1) is 11.8 Å². The Morgan fingerprint density at radius 3 is 2.52 bits per heavy atom. The number of hydrogen-bond acceptors (Lipinski definition) is 4. The highest BCUT2D eigenvalue weighted by Gasteiger charge is 2.41.